The van der Waals surface area contributed by atoms with Crippen molar-refractivity contribution < 1.29 is 22.8 Å². The van der Waals surface area contributed by atoms with Gasteiger partial charge in [-0.15, -0.1) is 0 Å². The van der Waals surface area contributed by atoms with Crippen LogP contribution >= 0.6 is 0 Å². The Bertz CT molecular complexity index is 587. The van der Waals surface area contributed by atoms with Crippen molar-refractivity contribution in [2.45, 2.75) is 44.9 Å². The average Bonchev–Trinajstić information content (AvgIpc) is 2.78. The molecule has 1 aliphatic rings. The van der Waals surface area contributed by atoms with Gasteiger partial charge in [0.15, 0.2) is 0 Å². The molecular formula is C16H19F3N2O2. The first-order valence-electron chi connectivity index (χ1n) is 7.53. The summed E-state index contributed by atoms with van der Waals surface area (Å²) in [7, 11) is 0. The van der Waals surface area contributed by atoms with Gasteiger partial charge in [0.05, 0.1) is 11.6 Å². The standard InChI is InChI=1S/C16H19F3N2O2/c1-2-5-14(22)20-12-8-15(23)21(10-12)9-11-6-3-4-7-13(11)16(17,18)19/h3-4,6-7,12H,2,5,8-10H2,1H3,(H,20,22). The maximum atomic E-state index is 13.0. The first-order valence-corrected chi connectivity index (χ1v) is 7.53. The molecule has 7 heteroatoms. The largest absolute Gasteiger partial charge is 0.416 e. The van der Waals surface area contributed by atoms with Gasteiger partial charge in [0.2, 0.25) is 11.8 Å². The predicted octanol–water partition coefficient (Wildman–Crippen LogP) is 2.72. The molecule has 0 radical (unpaired) electrons. The summed E-state index contributed by atoms with van der Waals surface area (Å²) < 4.78 is 39.0. The third-order valence-corrected chi connectivity index (χ3v) is 3.74. The molecule has 2 rings (SSSR count). The van der Waals surface area contributed by atoms with Crippen LogP contribution in [-0.2, 0) is 22.3 Å². The second-order valence-corrected chi connectivity index (χ2v) is 5.65. The van der Waals surface area contributed by atoms with Crippen LogP contribution in [0.3, 0.4) is 0 Å². The van der Waals surface area contributed by atoms with Gasteiger partial charge in [0, 0.05) is 25.9 Å². The van der Waals surface area contributed by atoms with Crippen LogP contribution in [0.1, 0.15) is 37.3 Å². The van der Waals surface area contributed by atoms with E-state index in [0.29, 0.717) is 12.8 Å². The highest BCUT2D eigenvalue weighted by molar-refractivity contribution is 5.82. The Balaban J connectivity index is 2.04. The lowest BCUT2D eigenvalue weighted by Gasteiger charge is -2.20. The van der Waals surface area contributed by atoms with E-state index in [1.165, 1.54) is 23.1 Å². The molecule has 0 aromatic heterocycles. The molecule has 1 aliphatic heterocycles. The van der Waals surface area contributed by atoms with Crippen molar-refractivity contribution in [1.82, 2.24) is 10.2 Å². The van der Waals surface area contributed by atoms with Gasteiger partial charge in [-0.2, -0.15) is 13.2 Å². The second-order valence-electron chi connectivity index (χ2n) is 5.65. The molecule has 1 heterocycles. The predicted molar refractivity (Wildman–Crippen MR) is 78.3 cm³/mol. The molecule has 0 bridgehead atoms. The molecule has 0 spiro atoms. The molecule has 2 amide bonds. The number of rotatable bonds is 5. The molecule has 1 fully saturated rings. The van der Waals surface area contributed by atoms with E-state index in [1.807, 2.05) is 6.92 Å². The number of carbonyl (C=O) groups excluding carboxylic acids is 2. The minimum atomic E-state index is -4.45. The molecule has 1 aromatic rings. The van der Waals surface area contributed by atoms with Crippen molar-refractivity contribution in [2.24, 2.45) is 0 Å². The summed E-state index contributed by atoms with van der Waals surface area (Å²) in [4.78, 5) is 24.9. The number of alkyl halides is 3. The molecule has 0 aliphatic carbocycles. The maximum Gasteiger partial charge on any atom is 0.416 e. The Labute approximate surface area is 132 Å². The summed E-state index contributed by atoms with van der Waals surface area (Å²) in [5.41, 5.74) is -0.667. The SMILES string of the molecule is CCCC(=O)NC1CC(=O)N(Cc2ccccc2C(F)(F)F)C1. The zero-order chi connectivity index (χ0) is 17.0. The van der Waals surface area contributed by atoms with Crippen LogP contribution in [0.2, 0.25) is 0 Å². The van der Waals surface area contributed by atoms with Gasteiger partial charge in [0.1, 0.15) is 0 Å². The van der Waals surface area contributed by atoms with Crippen molar-refractivity contribution in [3.8, 4) is 0 Å². The van der Waals surface area contributed by atoms with E-state index < -0.39 is 11.7 Å². The zero-order valence-electron chi connectivity index (χ0n) is 12.8. The molecular weight excluding hydrogens is 309 g/mol. The molecule has 1 saturated heterocycles. The lowest BCUT2D eigenvalue weighted by molar-refractivity contribution is -0.139. The van der Waals surface area contributed by atoms with Crippen LogP contribution in [0.4, 0.5) is 13.2 Å². The quantitative estimate of drug-likeness (QED) is 0.903. The zero-order valence-corrected chi connectivity index (χ0v) is 12.8. The summed E-state index contributed by atoms with van der Waals surface area (Å²) >= 11 is 0. The van der Waals surface area contributed by atoms with E-state index in [9.17, 15) is 22.8 Å². The van der Waals surface area contributed by atoms with E-state index in [1.54, 1.807) is 0 Å². The Morgan fingerprint density at radius 1 is 1.35 bits per heavy atom. The Morgan fingerprint density at radius 3 is 2.70 bits per heavy atom. The third-order valence-electron chi connectivity index (χ3n) is 3.74. The molecule has 1 N–H and O–H groups in total. The normalized spacial score (nSPS) is 18.3. The molecule has 1 unspecified atom stereocenters. The number of amides is 2. The highest BCUT2D eigenvalue weighted by Crippen LogP contribution is 2.32. The lowest BCUT2D eigenvalue weighted by atomic mass is 10.1. The van der Waals surface area contributed by atoms with Gasteiger partial charge in [-0.1, -0.05) is 25.1 Å². The number of nitrogens with zero attached hydrogens (tertiary/aromatic N) is 1. The lowest BCUT2D eigenvalue weighted by Crippen LogP contribution is -2.36. The van der Waals surface area contributed by atoms with Crippen LogP contribution in [-0.4, -0.2) is 29.3 Å². The van der Waals surface area contributed by atoms with Crippen LogP contribution in [0, 0.1) is 0 Å². The fourth-order valence-electron chi connectivity index (χ4n) is 2.69. The number of nitrogens with one attached hydrogen (secondary N) is 1. The van der Waals surface area contributed by atoms with Gasteiger partial charge in [-0.3, -0.25) is 9.59 Å². The van der Waals surface area contributed by atoms with Gasteiger partial charge in [0.25, 0.3) is 0 Å². The minimum absolute atomic E-state index is 0.0638. The van der Waals surface area contributed by atoms with Crippen molar-refractivity contribution in [3.63, 3.8) is 0 Å². The molecule has 0 saturated carbocycles. The molecule has 1 atom stereocenters. The Hall–Kier alpha value is -2.05. The summed E-state index contributed by atoms with van der Waals surface area (Å²) in [6.07, 6.45) is -3.24. The van der Waals surface area contributed by atoms with E-state index in [-0.39, 0.29) is 42.9 Å². The third kappa shape index (κ3) is 4.46. The summed E-state index contributed by atoms with van der Waals surface area (Å²) in [6, 6.07) is 4.90. The molecule has 126 valence electrons. The molecule has 4 nitrogen and oxygen atoms in total. The summed E-state index contributed by atoms with van der Waals surface area (Å²) in [5.74, 6) is -0.383. The molecule has 23 heavy (non-hydrogen) atoms. The number of carbonyl (C=O) groups is 2. The van der Waals surface area contributed by atoms with Gasteiger partial charge in [-0.05, 0) is 18.1 Å². The molecule has 1 aromatic carbocycles. The maximum absolute atomic E-state index is 13.0. The van der Waals surface area contributed by atoms with Crippen molar-refractivity contribution in [3.05, 3.63) is 35.4 Å². The van der Waals surface area contributed by atoms with E-state index in [4.69, 9.17) is 0 Å². The smallest absolute Gasteiger partial charge is 0.351 e. The van der Waals surface area contributed by atoms with Crippen molar-refractivity contribution in [2.75, 3.05) is 6.54 Å². The van der Waals surface area contributed by atoms with Crippen LogP contribution < -0.4 is 5.32 Å². The fourth-order valence-corrected chi connectivity index (χ4v) is 2.69. The number of hydrogen-bond acceptors (Lipinski definition) is 2. The number of halogens is 3. The number of benzene rings is 1. The minimum Gasteiger partial charge on any atom is -0.351 e. The van der Waals surface area contributed by atoms with Crippen LogP contribution in [0.25, 0.3) is 0 Å². The van der Waals surface area contributed by atoms with Crippen LogP contribution in [0.5, 0.6) is 0 Å². The average molecular weight is 328 g/mol. The van der Waals surface area contributed by atoms with E-state index in [0.717, 1.165) is 6.07 Å². The van der Waals surface area contributed by atoms with Gasteiger partial charge >= 0.3 is 6.18 Å². The van der Waals surface area contributed by atoms with Crippen LogP contribution in [0.15, 0.2) is 24.3 Å². The Morgan fingerprint density at radius 2 is 2.04 bits per heavy atom. The highest BCUT2D eigenvalue weighted by atomic mass is 19.4. The Kier molecular flexibility index (Phi) is 5.28. The summed E-state index contributed by atoms with van der Waals surface area (Å²) in [6.45, 7) is 2.01. The number of hydrogen-bond donors (Lipinski definition) is 1. The van der Waals surface area contributed by atoms with E-state index >= 15 is 0 Å². The van der Waals surface area contributed by atoms with Crippen molar-refractivity contribution >= 4 is 11.8 Å². The summed E-state index contributed by atoms with van der Waals surface area (Å²) in [5, 5.41) is 2.75. The highest BCUT2D eigenvalue weighted by Gasteiger charge is 2.35. The second kappa shape index (κ2) is 7.02. The van der Waals surface area contributed by atoms with Gasteiger partial charge in [-0.25, -0.2) is 0 Å². The topological polar surface area (TPSA) is 49.4 Å². The number of likely N-dealkylation sites (tertiary alicyclic amines) is 1. The monoisotopic (exact) mass is 328 g/mol. The first-order chi connectivity index (χ1) is 10.8. The van der Waals surface area contributed by atoms with Crippen molar-refractivity contribution in [1.29, 1.82) is 0 Å². The first kappa shape index (κ1) is 17.3. The van der Waals surface area contributed by atoms with E-state index in [2.05, 4.69) is 5.32 Å². The van der Waals surface area contributed by atoms with Gasteiger partial charge < -0.3 is 10.2 Å². The fraction of sp³-hybridized carbons (Fsp3) is 0.500.